The summed E-state index contributed by atoms with van der Waals surface area (Å²) in [5.74, 6) is -2.64. The fourth-order valence-electron chi connectivity index (χ4n) is 2.44. The Bertz CT molecular complexity index is 390. The topological polar surface area (TPSA) is 37.8 Å². The number of nitrogens with zero attached hydrogens (tertiary/aromatic N) is 2. The van der Waals surface area contributed by atoms with Crippen molar-refractivity contribution in [2.24, 2.45) is 0 Å². The van der Waals surface area contributed by atoms with Crippen LogP contribution in [0.5, 0.6) is 0 Å². The van der Waals surface area contributed by atoms with Gasteiger partial charge in [-0.2, -0.15) is 0 Å². The normalized spacial score (nSPS) is 25.0. The van der Waals surface area contributed by atoms with E-state index in [0.29, 0.717) is 6.42 Å². The molecule has 2 unspecified atom stereocenters. The molecule has 0 radical (unpaired) electrons. The molecule has 0 aromatic carbocycles. The average molecular weight is 275 g/mol. The third-order valence-corrected chi connectivity index (χ3v) is 4.70. The van der Waals surface area contributed by atoms with Gasteiger partial charge in [0.25, 0.3) is 0 Å². The van der Waals surface area contributed by atoms with Crippen LogP contribution in [0.1, 0.15) is 61.0 Å². The van der Waals surface area contributed by atoms with Crippen molar-refractivity contribution in [1.29, 1.82) is 0 Å². The Hall–Kier alpha value is -0.620. The van der Waals surface area contributed by atoms with E-state index in [1.54, 1.807) is 0 Å². The highest BCUT2D eigenvalue weighted by atomic mass is 32.1. The van der Waals surface area contributed by atoms with Crippen LogP contribution < -0.4 is 5.32 Å². The molecular weight excluding hydrogens is 256 g/mol. The Morgan fingerprint density at radius 3 is 2.89 bits per heavy atom. The molecule has 1 heterocycles. The third-order valence-electron chi connectivity index (χ3n) is 3.50. The number of nitrogens with one attached hydrogen (secondary N) is 1. The maximum Gasteiger partial charge on any atom is 0.248 e. The highest BCUT2D eigenvalue weighted by molar-refractivity contribution is 7.11. The molecule has 1 fully saturated rings. The lowest BCUT2D eigenvalue weighted by atomic mass is 9.87. The molecule has 3 nitrogen and oxygen atoms in total. The van der Waals surface area contributed by atoms with Crippen LogP contribution in [0, 0.1) is 0 Å². The van der Waals surface area contributed by atoms with Gasteiger partial charge in [0.1, 0.15) is 10.0 Å². The zero-order chi connectivity index (χ0) is 13.2. The van der Waals surface area contributed by atoms with Crippen molar-refractivity contribution in [2.75, 3.05) is 7.05 Å². The van der Waals surface area contributed by atoms with Gasteiger partial charge in [-0.25, -0.2) is 8.78 Å². The van der Waals surface area contributed by atoms with Gasteiger partial charge in [0, 0.05) is 18.8 Å². The molecule has 1 N–H and O–H groups in total. The predicted octanol–water partition coefficient (Wildman–Crippen LogP) is 3.50. The maximum absolute atomic E-state index is 13.4. The first-order chi connectivity index (χ1) is 8.55. The molecule has 2 atom stereocenters. The van der Waals surface area contributed by atoms with E-state index in [1.807, 2.05) is 7.05 Å². The summed E-state index contributed by atoms with van der Waals surface area (Å²) < 4.78 is 26.8. The molecule has 102 valence electrons. The van der Waals surface area contributed by atoms with Crippen molar-refractivity contribution >= 4 is 11.3 Å². The van der Waals surface area contributed by atoms with Gasteiger partial charge in [-0.05, 0) is 26.3 Å². The van der Waals surface area contributed by atoms with Crippen molar-refractivity contribution in [3.05, 3.63) is 10.0 Å². The first kappa shape index (κ1) is 13.8. The van der Waals surface area contributed by atoms with Crippen LogP contribution >= 0.6 is 11.3 Å². The van der Waals surface area contributed by atoms with E-state index in [1.165, 1.54) is 11.3 Å². The molecule has 0 spiro atoms. The lowest BCUT2D eigenvalue weighted by Gasteiger charge is -2.27. The highest BCUT2D eigenvalue weighted by Gasteiger charge is 2.38. The monoisotopic (exact) mass is 275 g/mol. The van der Waals surface area contributed by atoms with Gasteiger partial charge in [0.05, 0.1) is 6.04 Å². The van der Waals surface area contributed by atoms with E-state index in [-0.39, 0.29) is 24.8 Å². The molecule has 0 aliphatic heterocycles. The van der Waals surface area contributed by atoms with Gasteiger partial charge >= 0.3 is 0 Å². The Balaban J connectivity index is 2.10. The Kier molecular flexibility index (Phi) is 4.27. The van der Waals surface area contributed by atoms with Crippen LogP contribution in [0.25, 0.3) is 0 Å². The molecule has 0 saturated heterocycles. The van der Waals surface area contributed by atoms with E-state index in [9.17, 15) is 8.78 Å². The van der Waals surface area contributed by atoms with Crippen molar-refractivity contribution in [1.82, 2.24) is 15.5 Å². The molecule has 1 saturated carbocycles. The smallest absolute Gasteiger partial charge is 0.248 e. The summed E-state index contributed by atoms with van der Waals surface area (Å²) in [5.41, 5.74) is 0. The van der Waals surface area contributed by atoms with Crippen molar-refractivity contribution in [3.63, 3.8) is 0 Å². The summed E-state index contributed by atoms with van der Waals surface area (Å²) in [6.07, 6.45) is 2.25. The van der Waals surface area contributed by atoms with Crippen LogP contribution in [-0.4, -0.2) is 23.2 Å². The lowest BCUT2D eigenvalue weighted by molar-refractivity contribution is -0.0408. The molecule has 2 rings (SSSR count). The summed E-state index contributed by atoms with van der Waals surface area (Å²) >= 11 is 1.48. The molecule has 1 aromatic heterocycles. The highest BCUT2D eigenvalue weighted by Crippen LogP contribution is 2.42. The molecule has 0 bridgehead atoms. The minimum absolute atomic E-state index is 0.0171. The number of hydrogen-bond donors (Lipinski definition) is 1. The van der Waals surface area contributed by atoms with Crippen molar-refractivity contribution in [2.45, 2.75) is 56.9 Å². The molecular formula is C12H19F2N3S. The van der Waals surface area contributed by atoms with Gasteiger partial charge in [0.15, 0.2) is 0 Å². The number of alkyl halides is 2. The molecule has 0 amide bonds. The number of hydrogen-bond acceptors (Lipinski definition) is 4. The summed E-state index contributed by atoms with van der Waals surface area (Å²) in [7, 11) is 1.88. The first-order valence-electron chi connectivity index (χ1n) is 6.44. The molecule has 1 aliphatic rings. The molecule has 1 aromatic rings. The number of aromatic nitrogens is 2. The molecule has 1 aliphatic carbocycles. The van der Waals surface area contributed by atoms with Gasteiger partial charge < -0.3 is 5.32 Å². The number of halogens is 2. The fraction of sp³-hybridized carbons (Fsp3) is 0.833. The summed E-state index contributed by atoms with van der Waals surface area (Å²) in [5, 5.41) is 13.1. The van der Waals surface area contributed by atoms with E-state index in [4.69, 9.17) is 0 Å². The van der Waals surface area contributed by atoms with E-state index in [2.05, 4.69) is 22.4 Å². The van der Waals surface area contributed by atoms with Crippen molar-refractivity contribution in [3.8, 4) is 0 Å². The standard InChI is InChI=1S/C12H19F2N3S/c1-3-9(15-2)11-17-16-10(18-11)8-5-4-6-12(13,14)7-8/h8-9,15H,3-7H2,1-2H3. The first-order valence-corrected chi connectivity index (χ1v) is 7.25. The largest absolute Gasteiger partial charge is 0.311 e. The SMILES string of the molecule is CCC(NC)c1nnc(C2CCCC(F)(F)C2)s1. The summed E-state index contributed by atoms with van der Waals surface area (Å²) in [6, 6.07) is 0.181. The Morgan fingerprint density at radius 1 is 1.50 bits per heavy atom. The molecule has 6 heteroatoms. The van der Waals surface area contributed by atoms with Gasteiger partial charge in [-0.15, -0.1) is 10.2 Å². The van der Waals surface area contributed by atoms with Gasteiger partial charge in [-0.3, -0.25) is 0 Å². The second-order valence-electron chi connectivity index (χ2n) is 4.88. The van der Waals surface area contributed by atoms with E-state index in [0.717, 1.165) is 22.9 Å². The van der Waals surface area contributed by atoms with Crippen LogP contribution in [-0.2, 0) is 0 Å². The third kappa shape index (κ3) is 3.03. The maximum atomic E-state index is 13.4. The molecule has 18 heavy (non-hydrogen) atoms. The van der Waals surface area contributed by atoms with E-state index < -0.39 is 5.92 Å². The predicted molar refractivity (Wildman–Crippen MR) is 68.2 cm³/mol. The van der Waals surface area contributed by atoms with Gasteiger partial charge in [0.2, 0.25) is 5.92 Å². The van der Waals surface area contributed by atoms with Crippen LogP contribution in [0.2, 0.25) is 0 Å². The summed E-state index contributed by atoms with van der Waals surface area (Å²) in [4.78, 5) is 0. The van der Waals surface area contributed by atoms with Crippen LogP contribution in [0.3, 0.4) is 0 Å². The van der Waals surface area contributed by atoms with Gasteiger partial charge in [-0.1, -0.05) is 18.3 Å². The minimum atomic E-state index is -2.53. The average Bonchev–Trinajstić information content (AvgIpc) is 2.79. The zero-order valence-electron chi connectivity index (χ0n) is 10.7. The van der Waals surface area contributed by atoms with Crippen molar-refractivity contribution < 1.29 is 8.78 Å². The lowest BCUT2D eigenvalue weighted by Crippen LogP contribution is -2.24. The summed E-state index contributed by atoms with van der Waals surface area (Å²) in [6.45, 7) is 2.07. The minimum Gasteiger partial charge on any atom is -0.311 e. The Labute approximate surface area is 110 Å². The van der Waals surface area contributed by atoms with Crippen LogP contribution in [0.4, 0.5) is 8.78 Å². The Morgan fingerprint density at radius 2 is 2.28 bits per heavy atom. The van der Waals surface area contributed by atoms with E-state index >= 15 is 0 Å². The number of rotatable bonds is 4. The zero-order valence-corrected chi connectivity index (χ0v) is 11.6. The fourth-order valence-corrected chi connectivity index (χ4v) is 3.61. The quantitative estimate of drug-likeness (QED) is 0.914. The second-order valence-corrected chi connectivity index (χ2v) is 5.92. The van der Waals surface area contributed by atoms with Crippen LogP contribution in [0.15, 0.2) is 0 Å². The second kappa shape index (κ2) is 5.57.